The number of halogens is 1. The number of benzene rings is 1. The highest BCUT2D eigenvalue weighted by Gasteiger charge is 2.03. The third-order valence-electron chi connectivity index (χ3n) is 1.61. The molecule has 0 aliphatic rings. The van der Waals surface area contributed by atoms with E-state index in [1.165, 1.54) is 0 Å². The molecular formula is C8H7ClN2S. The number of hydrogen-bond donors (Lipinski definition) is 1. The Hall–Kier alpha value is -0.800. The van der Waals surface area contributed by atoms with Crippen molar-refractivity contribution < 1.29 is 0 Å². The van der Waals surface area contributed by atoms with Gasteiger partial charge in [-0.2, -0.15) is 0 Å². The highest BCUT2D eigenvalue weighted by molar-refractivity contribution is 7.18. The summed E-state index contributed by atoms with van der Waals surface area (Å²) in [5, 5.41) is 0.921. The first-order valence-electron chi connectivity index (χ1n) is 3.51. The van der Waals surface area contributed by atoms with Crippen LogP contribution in [-0.2, 0) is 5.88 Å². The number of fused-ring (bicyclic) bond motifs is 1. The molecule has 1 heterocycles. The molecule has 2 rings (SSSR count). The molecule has 0 amide bonds. The minimum atomic E-state index is 0.457. The molecule has 62 valence electrons. The average Bonchev–Trinajstić information content (AvgIpc) is 2.49. The smallest absolute Gasteiger partial charge is 0.109 e. The van der Waals surface area contributed by atoms with Gasteiger partial charge in [-0.15, -0.1) is 22.9 Å². The molecule has 0 saturated heterocycles. The topological polar surface area (TPSA) is 38.9 Å². The van der Waals surface area contributed by atoms with Crippen LogP contribution in [0.2, 0.25) is 0 Å². The van der Waals surface area contributed by atoms with Crippen molar-refractivity contribution in [1.29, 1.82) is 0 Å². The fourth-order valence-electron chi connectivity index (χ4n) is 1.07. The molecule has 0 saturated carbocycles. The van der Waals surface area contributed by atoms with Crippen LogP contribution in [0.25, 0.3) is 10.2 Å². The van der Waals surface area contributed by atoms with Crippen molar-refractivity contribution >= 4 is 38.8 Å². The van der Waals surface area contributed by atoms with E-state index in [0.29, 0.717) is 5.88 Å². The van der Waals surface area contributed by atoms with E-state index in [0.717, 1.165) is 20.9 Å². The number of anilines is 1. The summed E-state index contributed by atoms with van der Waals surface area (Å²) >= 11 is 7.25. The fraction of sp³-hybridized carbons (Fsp3) is 0.125. The Morgan fingerprint density at radius 2 is 2.33 bits per heavy atom. The molecule has 0 fully saturated rings. The van der Waals surface area contributed by atoms with Gasteiger partial charge in [0.05, 0.1) is 16.3 Å². The first-order valence-corrected chi connectivity index (χ1v) is 4.86. The van der Waals surface area contributed by atoms with Crippen molar-refractivity contribution in [3.63, 3.8) is 0 Å². The number of hydrogen-bond acceptors (Lipinski definition) is 3. The SMILES string of the molecule is Nc1cccc2sc(CCl)nc12. The lowest BCUT2D eigenvalue weighted by molar-refractivity contribution is 1.30. The number of rotatable bonds is 1. The van der Waals surface area contributed by atoms with Gasteiger partial charge in [-0.3, -0.25) is 0 Å². The van der Waals surface area contributed by atoms with Crippen LogP contribution < -0.4 is 5.73 Å². The van der Waals surface area contributed by atoms with Crippen LogP contribution in [0.15, 0.2) is 18.2 Å². The third kappa shape index (κ3) is 1.15. The highest BCUT2D eigenvalue weighted by atomic mass is 35.5. The van der Waals surface area contributed by atoms with E-state index in [1.54, 1.807) is 11.3 Å². The molecule has 1 aromatic carbocycles. The largest absolute Gasteiger partial charge is 0.397 e. The molecule has 2 nitrogen and oxygen atoms in total. The van der Waals surface area contributed by atoms with Crippen LogP contribution in [0.1, 0.15) is 5.01 Å². The van der Waals surface area contributed by atoms with Crippen molar-refractivity contribution in [2.24, 2.45) is 0 Å². The second kappa shape index (κ2) is 2.92. The molecule has 0 unspecified atom stereocenters. The van der Waals surface area contributed by atoms with Crippen LogP contribution >= 0.6 is 22.9 Å². The van der Waals surface area contributed by atoms with Gasteiger partial charge < -0.3 is 5.73 Å². The lowest BCUT2D eigenvalue weighted by atomic mass is 10.3. The number of nitrogen functional groups attached to an aromatic ring is 1. The summed E-state index contributed by atoms with van der Waals surface area (Å²) in [6, 6.07) is 5.77. The zero-order valence-corrected chi connectivity index (χ0v) is 7.82. The van der Waals surface area contributed by atoms with Crippen molar-refractivity contribution in [1.82, 2.24) is 4.98 Å². The number of nitrogens with zero attached hydrogens (tertiary/aromatic N) is 1. The molecule has 0 spiro atoms. The Morgan fingerprint density at radius 3 is 3.00 bits per heavy atom. The monoisotopic (exact) mass is 198 g/mol. The molecule has 2 aromatic rings. The van der Waals surface area contributed by atoms with E-state index in [-0.39, 0.29) is 0 Å². The first-order chi connectivity index (χ1) is 5.81. The zero-order valence-electron chi connectivity index (χ0n) is 6.25. The van der Waals surface area contributed by atoms with Crippen LogP contribution in [-0.4, -0.2) is 4.98 Å². The first kappa shape index (κ1) is 7.83. The Morgan fingerprint density at radius 1 is 1.50 bits per heavy atom. The predicted molar refractivity (Wildman–Crippen MR) is 53.6 cm³/mol. The summed E-state index contributed by atoms with van der Waals surface area (Å²) in [6.07, 6.45) is 0. The minimum absolute atomic E-state index is 0.457. The van der Waals surface area contributed by atoms with Gasteiger partial charge in [-0.25, -0.2) is 4.98 Å². The van der Waals surface area contributed by atoms with Crippen LogP contribution in [0.4, 0.5) is 5.69 Å². The normalized spacial score (nSPS) is 10.8. The predicted octanol–water partition coefficient (Wildman–Crippen LogP) is 2.62. The second-order valence-electron chi connectivity index (χ2n) is 2.44. The van der Waals surface area contributed by atoms with E-state index in [1.807, 2.05) is 18.2 Å². The van der Waals surface area contributed by atoms with E-state index in [2.05, 4.69) is 4.98 Å². The van der Waals surface area contributed by atoms with E-state index in [4.69, 9.17) is 17.3 Å². The number of alkyl halides is 1. The van der Waals surface area contributed by atoms with Gasteiger partial charge >= 0.3 is 0 Å². The number of nitrogens with two attached hydrogens (primary N) is 1. The van der Waals surface area contributed by atoms with Gasteiger partial charge in [0.15, 0.2) is 0 Å². The standard InChI is InChI=1S/C8H7ClN2S/c9-4-7-11-8-5(10)2-1-3-6(8)12-7/h1-3H,4,10H2. The van der Waals surface area contributed by atoms with Crippen LogP contribution in [0.5, 0.6) is 0 Å². The third-order valence-corrected chi connectivity index (χ3v) is 3.04. The van der Waals surface area contributed by atoms with Gasteiger partial charge in [0.1, 0.15) is 10.5 Å². The lowest BCUT2D eigenvalue weighted by Gasteiger charge is -1.90. The molecule has 0 bridgehead atoms. The highest BCUT2D eigenvalue weighted by Crippen LogP contribution is 2.26. The Labute approximate surface area is 79.0 Å². The molecule has 4 heteroatoms. The molecular weight excluding hydrogens is 192 g/mol. The van der Waals surface area contributed by atoms with Gasteiger partial charge in [0.25, 0.3) is 0 Å². The quantitative estimate of drug-likeness (QED) is 0.565. The molecule has 12 heavy (non-hydrogen) atoms. The van der Waals surface area contributed by atoms with Gasteiger partial charge in [0, 0.05) is 0 Å². The zero-order chi connectivity index (χ0) is 8.55. The molecule has 2 N–H and O–H groups in total. The maximum atomic E-state index is 5.73. The van der Waals surface area contributed by atoms with Gasteiger partial charge in [-0.1, -0.05) is 6.07 Å². The molecule has 1 aromatic heterocycles. The number of thiazole rings is 1. The average molecular weight is 199 g/mol. The summed E-state index contributed by atoms with van der Waals surface area (Å²) in [5.74, 6) is 0.457. The Bertz CT molecular complexity index is 410. The molecule has 0 aliphatic heterocycles. The van der Waals surface area contributed by atoms with Crippen molar-refractivity contribution in [2.75, 3.05) is 5.73 Å². The van der Waals surface area contributed by atoms with E-state index in [9.17, 15) is 0 Å². The summed E-state index contributed by atoms with van der Waals surface area (Å²) in [6.45, 7) is 0. The van der Waals surface area contributed by atoms with Crippen molar-refractivity contribution in [3.05, 3.63) is 23.2 Å². The van der Waals surface area contributed by atoms with Crippen LogP contribution in [0.3, 0.4) is 0 Å². The summed E-state index contributed by atoms with van der Waals surface area (Å²) in [4.78, 5) is 4.29. The van der Waals surface area contributed by atoms with E-state index < -0.39 is 0 Å². The second-order valence-corrected chi connectivity index (χ2v) is 3.82. The number of para-hydroxylation sites is 1. The molecule has 0 radical (unpaired) electrons. The Balaban J connectivity index is 2.74. The van der Waals surface area contributed by atoms with Crippen molar-refractivity contribution in [2.45, 2.75) is 5.88 Å². The maximum Gasteiger partial charge on any atom is 0.109 e. The Kier molecular flexibility index (Phi) is 1.90. The summed E-state index contributed by atoms with van der Waals surface area (Å²) < 4.78 is 1.10. The van der Waals surface area contributed by atoms with Crippen molar-refractivity contribution in [3.8, 4) is 0 Å². The number of aromatic nitrogens is 1. The lowest BCUT2D eigenvalue weighted by Crippen LogP contribution is -1.85. The van der Waals surface area contributed by atoms with Gasteiger partial charge in [0.2, 0.25) is 0 Å². The summed E-state index contributed by atoms with van der Waals surface area (Å²) in [5.41, 5.74) is 7.32. The van der Waals surface area contributed by atoms with E-state index >= 15 is 0 Å². The molecule has 0 aliphatic carbocycles. The maximum absolute atomic E-state index is 5.73. The van der Waals surface area contributed by atoms with Gasteiger partial charge in [-0.05, 0) is 12.1 Å². The fourth-order valence-corrected chi connectivity index (χ4v) is 2.15. The minimum Gasteiger partial charge on any atom is -0.397 e. The summed E-state index contributed by atoms with van der Waals surface area (Å²) in [7, 11) is 0. The van der Waals surface area contributed by atoms with Crippen LogP contribution in [0, 0.1) is 0 Å². The molecule has 0 atom stereocenters.